The third kappa shape index (κ3) is 3.19. The van der Waals surface area contributed by atoms with Crippen molar-refractivity contribution in [2.24, 2.45) is 5.16 Å². The molecular formula is C16H7Cl2N2O5-. The number of halogens is 2. The van der Waals surface area contributed by atoms with E-state index in [1.165, 1.54) is 24.3 Å². The highest BCUT2D eigenvalue weighted by molar-refractivity contribution is 6.40. The van der Waals surface area contributed by atoms with Crippen molar-refractivity contribution in [3.8, 4) is 5.75 Å². The maximum atomic E-state index is 12.1. The smallest absolute Gasteiger partial charge is 0.368 e. The van der Waals surface area contributed by atoms with Gasteiger partial charge in [-0.3, -0.25) is 10.1 Å². The molecule has 126 valence electrons. The molecule has 0 unspecified atom stereocenters. The predicted molar refractivity (Wildman–Crippen MR) is 89.6 cm³/mol. The van der Waals surface area contributed by atoms with Crippen LogP contribution >= 0.6 is 23.2 Å². The lowest BCUT2D eigenvalue weighted by Gasteiger charge is -2.11. The van der Waals surface area contributed by atoms with Crippen LogP contribution in [0.2, 0.25) is 10.0 Å². The van der Waals surface area contributed by atoms with Gasteiger partial charge in [0.1, 0.15) is 5.71 Å². The number of hydrogen-bond acceptors (Lipinski definition) is 6. The zero-order valence-corrected chi connectivity index (χ0v) is 13.7. The maximum Gasteiger partial charge on any atom is 0.368 e. The Kier molecular flexibility index (Phi) is 4.43. The van der Waals surface area contributed by atoms with E-state index in [0.29, 0.717) is 10.6 Å². The molecule has 0 fully saturated rings. The van der Waals surface area contributed by atoms with Gasteiger partial charge in [0.25, 0.3) is 5.69 Å². The molecule has 0 N–H and O–H groups in total. The summed E-state index contributed by atoms with van der Waals surface area (Å²) in [5.41, 5.74) is -0.190. The summed E-state index contributed by atoms with van der Waals surface area (Å²) in [7, 11) is 0. The van der Waals surface area contributed by atoms with E-state index >= 15 is 0 Å². The summed E-state index contributed by atoms with van der Waals surface area (Å²) < 4.78 is 0. The molecule has 3 rings (SSSR count). The molecule has 0 saturated carbocycles. The van der Waals surface area contributed by atoms with Crippen LogP contribution in [0.1, 0.15) is 11.1 Å². The molecule has 0 radical (unpaired) electrons. The quantitative estimate of drug-likeness (QED) is 0.353. The third-order valence-electron chi connectivity index (χ3n) is 3.40. The van der Waals surface area contributed by atoms with E-state index in [4.69, 9.17) is 23.2 Å². The lowest BCUT2D eigenvalue weighted by atomic mass is 10.00. The number of nitro benzene ring substituents is 1. The molecule has 2 aromatic rings. The van der Waals surface area contributed by atoms with E-state index in [0.717, 1.165) is 6.07 Å². The second-order valence-electron chi connectivity index (χ2n) is 4.95. The predicted octanol–water partition coefficient (Wildman–Crippen LogP) is 3.32. The number of rotatable bonds is 3. The number of hydrogen-bond donors (Lipinski definition) is 0. The van der Waals surface area contributed by atoms with Gasteiger partial charge >= 0.3 is 5.97 Å². The SMILES string of the molecule is O=C1ON=C(c2ccc(Cl)cc2Cl)/C1=C/c1cccc([N+](=O)[O-])c1[O-]. The van der Waals surface area contributed by atoms with Gasteiger partial charge in [-0.15, -0.1) is 0 Å². The lowest BCUT2D eigenvalue weighted by molar-refractivity contribution is -0.398. The Hall–Kier alpha value is -2.90. The van der Waals surface area contributed by atoms with Crippen LogP contribution in [0.3, 0.4) is 0 Å². The number of nitro groups is 1. The van der Waals surface area contributed by atoms with Crippen LogP contribution in [0.5, 0.6) is 5.75 Å². The largest absolute Gasteiger partial charge is 0.867 e. The fourth-order valence-corrected chi connectivity index (χ4v) is 2.74. The molecular weight excluding hydrogens is 371 g/mol. The average molecular weight is 378 g/mol. The monoisotopic (exact) mass is 377 g/mol. The molecule has 0 bridgehead atoms. The van der Waals surface area contributed by atoms with Gasteiger partial charge in [-0.25, -0.2) is 4.79 Å². The molecule has 25 heavy (non-hydrogen) atoms. The maximum absolute atomic E-state index is 12.1. The molecule has 0 spiro atoms. The minimum atomic E-state index is -0.818. The van der Waals surface area contributed by atoms with Crippen molar-refractivity contribution in [3.05, 3.63) is 73.3 Å². The van der Waals surface area contributed by atoms with E-state index < -0.39 is 22.3 Å². The summed E-state index contributed by atoms with van der Waals surface area (Å²) in [4.78, 5) is 26.7. The first-order chi connectivity index (χ1) is 11.9. The first-order valence-corrected chi connectivity index (χ1v) is 7.55. The molecule has 1 aliphatic heterocycles. The van der Waals surface area contributed by atoms with E-state index in [9.17, 15) is 20.0 Å². The highest BCUT2D eigenvalue weighted by atomic mass is 35.5. The summed E-state index contributed by atoms with van der Waals surface area (Å²) in [5, 5.41) is 27.3. The standard InChI is InChI=1S/C16H8Cl2N2O5/c17-9-4-5-10(12(18)7-9)14-11(16(22)25-19-14)6-8-2-1-3-13(15(8)21)20(23)24/h1-7,21H/p-1/b11-6-. The fraction of sp³-hybridized carbons (Fsp3) is 0. The summed E-state index contributed by atoms with van der Waals surface area (Å²) >= 11 is 12.0. The Morgan fingerprint density at radius 2 is 1.96 bits per heavy atom. The molecule has 1 aliphatic rings. The number of para-hydroxylation sites is 1. The molecule has 2 aromatic carbocycles. The molecule has 0 aromatic heterocycles. The number of benzene rings is 2. The summed E-state index contributed by atoms with van der Waals surface area (Å²) in [6.45, 7) is 0. The van der Waals surface area contributed by atoms with E-state index in [1.807, 2.05) is 0 Å². The fourth-order valence-electron chi connectivity index (χ4n) is 2.24. The first kappa shape index (κ1) is 16.9. The van der Waals surface area contributed by atoms with Gasteiger partial charge in [-0.2, -0.15) is 0 Å². The van der Waals surface area contributed by atoms with Gasteiger partial charge in [-0.1, -0.05) is 40.5 Å². The number of nitrogens with zero attached hydrogens (tertiary/aromatic N) is 2. The van der Waals surface area contributed by atoms with Crippen molar-refractivity contribution >= 4 is 46.6 Å². The van der Waals surface area contributed by atoms with E-state index in [1.54, 1.807) is 12.1 Å². The van der Waals surface area contributed by atoms with Crippen molar-refractivity contribution in [1.82, 2.24) is 0 Å². The van der Waals surface area contributed by atoms with E-state index in [2.05, 4.69) is 9.99 Å². The van der Waals surface area contributed by atoms with Crippen molar-refractivity contribution in [2.75, 3.05) is 0 Å². The highest BCUT2D eigenvalue weighted by Crippen LogP contribution is 2.31. The molecule has 0 aliphatic carbocycles. The number of carbonyl (C=O) groups excluding carboxylic acids is 1. The van der Waals surface area contributed by atoms with Crippen molar-refractivity contribution in [2.45, 2.75) is 0 Å². The van der Waals surface area contributed by atoms with Crippen LogP contribution in [-0.2, 0) is 9.63 Å². The van der Waals surface area contributed by atoms with Crippen LogP contribution in [0, 0.1) is 10.1 Å². The molecule has 0 amide bonds. The van der Waals surface area contributed by atoms with Crippen LogP contribution in [0.25, 0.3) is 6.08 Å². The molecule has 1 heterocycles. The Labute approximate surface area is 150 Å². The second kappa shape index (κ2) is 6.54. The second-order valence-corrected chi connectivity index (χ2v) is 5.80. The highest BCUT2D eigenvalue weighted by Gasteiger charge is 2.28. The molecule has 0 saturated heterocycles. The summed E-state index contributed by atoms with van der Waals surface area (Å²) in [5.74, 6) is -1.62. The zero-order chi connectivity index (χ0) is 18.1. The first-order valence-electron chi connectivity index (χ1n) is 6.79. The minimum Gasteiger partial charge on any atom is -0.867 e. The topological polar surface area (TPSA) is 105 Å². The van der Waals surface area contributed by atoms with Gasteiger partial charge < -0.3 is 9.94 Å². The van der Waals surface area contributed by atoms with Crippen molar-refractivity contribution in [3.63, 3.8) is 0 Å². The molecule has 0 atom stereocenters. The Morgan fingerprint density at radius 3 is 2.64 bits per heavy atom. The zero-order valence-electron chi connectivity index (χ0n) is 12.2. The van der Waals surface area contributed by atoms with Gasteiger partial charge in [0, 0.05) is 16.7 Å². The van der Waals surface area contributed by atoms with E-state index in [-0.39, 0.29) is 21.9 Å². The van der Waals surface area contributed by atoms with Crippen LogP contribution < -0.4 is 5.11 Å². The van der Waals surface area contributed by atoms with Crippen LogP contribution in [0.15, 0.2) is 47.1 Å². The Morgan fingerprint density at radius 1 is 1.20 bits per heavy atom. The Balaban J connectivity index is 2.10. The minimum absolute atomic E-state index is 0.0400. The van der Waals surface area contributed by atoms with Gasteiger partial charge in [0.15, 0.2) is 0 Å². The number of carbonyl (C=O) groups is 1. The van der Waals surface area contributed by atoms with Gasteiger partial charge in [-0.05, 0) is 35.6 Å². The van der Waals surface area contributed by atoms with Crippen molar-refractivity contribution < 1.29 is 19.7 Å². The normalized spacial score (nSPS) is 15.2. The summed E-state index contributed by atoms with van der Waals surface area (Å²) in [6.07, 6.45) is 1.19. The van der Waals surface area contributed by atoms with Crippen LogP contribution in [0.4, 0.5) is 5.69 Å². The molecule has 9 heteroatoms. The van der Waals surface area contributed by atoms with Crippen LogP contribution in [-0.4, -0.2) is 16.6 Å². The third-order valence-corrected chi connectivity index (χ3v) is 3.95. The van der Waals surface area contributed by atoms with Crippen molar-refractivity contribution in [1.29, 1.82) is 0 Å². The van der Waals surface area contributed by atoms with Gasteiger partial charge in [0.05, 0.1) is 15.5 Å². The average Bonchev–Trinajstić information content (AvgIpc) is 2.90. The number of oxime groups is 1. The summed E-state index contributed by atoms with van der Waals surface area (Å²) in [6, 6.07) is 8.35. The lowest BCUT2D eigenvalue weighted by Crippen LogP contribution is -2.08. The molecule has 7 nitrogen and oxygen atoms in total. The Bertz CT molecular complexity index is 969. The van der Waals surface area contributed by atoms with Gasteiger partial charge in [0.2, 0.25) is 0 Å².